The van der Waals surface area contributed by atoms with Gasteiger partial charge in [-0.3, -0.25) is 9.80 Å². The molecule has 0 bridgehead atoms. The van der Waals surface area contributed by atoms with Crippen molar-refractivity contribution in [1.29, 1.82) is 21.0 Å². The predicted molar refractivity (Wildman–Crippen MR) is 88.7 cm³/mol. The maximum atomic E-state index is 10.2. The zero-order valence-electron chi connectivity index (χ0n) is 15.3. The first-order chi connectivity index (χ1) is 12.4. The van der Waals surface area contributed by atoms with Crippen LogP contribution in [-0.4, -0.2) is 61.0 Å². The third-order valence-electron chi connectivity index (χ3n) is 2.86. The molecule has 157 valence electrons. The van der Waals surface area contributed by atoms with E-state index in [9.17, 15) is 19.8 Å². The van der Waals surface area contributed by atoms with Gasteiger partial charge in [0.25, 0.3) is 0 Å². The van der Waals surface area contributed by atoms with Gasteiger partial charge in [0.05, 0.1) is 36.2 Å². The van der Waals surface area contributed by atoms with E-state index >= 15 is 0 Å². The van der Waals surface area contributed by atoms with Gasteiger partial charge in [-0.15, -0.1) is 0 Å². The van der Waals surface area contributed by atoms with Crippen LogP contribution in [0.3, 0.4) is 0 Å². The topological polar surface area (TPSA) is 215 Å². The molecule has 0 aromatic rings. The van der Waals surface area contributed by atoms with Crippen LogP contribution in [0, 0.1) is 45.3 Å². The number of carbonyl (C=O) groups excluding carboxylic acids is 2. The first kappa shape index (κ1) is 32.9. The fourth-order valence-corrected chi connectivity index (χ4v) is 1.74. The molecule has 28 heavy (non-hydrogen) atoms. The summed E-state index contributed by atoms with van der Waals surface area (Å²) in [6, 6.07) is 7.64. The van der Waals surface area contributed by atoms with Crippen molar-refractivity contribution in [2.75, 3.05) is 39.3 Å². The molecule has 0 fully saturated rings. The molecule has 0 atom stereocenters. The molecular weight excluding hydrogens is 420 g/mol. The van der Waals surface area contributed by atoms with Crippen LogP contribution in [0.25, 0.3) is 0 Å². The van der Waals surface area contributed by atoms with Crippen molar-refractivity contribution in [2.24, 2.45) is 0 Å². The molecule has 0 saturated carbocycles. The van der Waals surface area contributed by atoms with Crippen LogP contribution in [0.5, 0.6) is 0 Å². The zero-order chi connectivity index (χ0) is 20.2. The van der Waals surface area contributed by atoms with E-state index in [2.05, 4.69) is 0 Å². The average molecular weight is 443 g/mol. The summed E-state index contributed by atoms with van der Waals surface area (Å²) in [4.78, 5) is 23.5. The molecule has 3 N–H and O–H groups in total. The van der Waals surface area contributed by atoms with E-state index in [1.54, 1.807) is 0 Å². The summed E-state index contributed by atoms with van der Waals surface area (Å²) in [5, 5.41) is 53.5. The average Bonchev–Trinajstić information content (AvgIpc) is 2.59. The van der Waals surface area contributed by atoms with Gasteiger partial charge in [0, 0.05) is 65.0 Å². The van der Waals surface area contributed by atoms with Crippen molar-refractivity contribution in [1.82, 2.24) is 9.80 Å². The quantitative estimate of drug-likeness (QED) is 0.218. The fourth-order valence-electron chi connectivity index (χ4n) is 1.74. The van der Waals surface area contributed by atoms with E-state index in [1.165, 1.54) is 9.80 Å². The molecule has 0 saturated heterocycles. The van der Waals surface area contributed by atoms with Crippen molar-refractivity contribution >= 4 is 11.9 Å². The molecule has 0 aliphatic heterocycles. The molecule has 0 unspecified atom stereocenters. The maximum Gasteiger partial charge on any atom is 2.00 e. The van der Waals surface area contributed by atoms with E-state index in [0.29, 0.717) is 26.2 Å². The number of hydrogen-bond acceptors (Lipinski definition) is 10. The van der Waals surface area contributed by atoms with Gasteiger partial charge in [-0.2, -0.15) is 21.0 Å². The van der Waals surface area contributed by atoms with E-state index in [-0.39, 0.29) is 61.3 Å². The molecule has 12 heteroatoms. The molecule has 0 aliphatic rings. The Morgan fingerprint density at radius 2 is 0.857 bits per heavy atom. The Bertz CT molecular complexity index is 502. The number of carboxylic acid groups (broad SMARTS) is 2. The van der Waals surface area contributed by atoms with Crippen molar-refractivity contribution in [2.45, 2.75) is 25.7 Å². The summed E-state index contributed by atoms with van der Waals surface area (Å²) in [6.45, 7) is 1.03. The predicted octanol–water partition coefficient (Wildman–Crippen LogP) is -3.19. The summed E-state index contributed by atoms with van der Waals surface area (Å²) in [6.07, 6.45) is 1.05. The Kier molecular flexibility index (Phi) is 28.6. The Morgan fingerprint density at radius 1 is 0.643 bits per heavy atom. The Balaban J connectivity index is -0.000000192. The van der Waals surface area contributed by atoms with Gasteiger partial charge in [0.2, 0.25) is 0 Å². The van der Waals surface area contributed by atoms with Crippen LogP contribution in [0.1, 0.15) is 25.7 Å². The van der Waals surface area contributed by atoms with Crippen molar-refractivity contribution < 1.29 is 42.3 Å². The molecule has 0 aromatic carbocycles. The third-order valence-corrected chi connectivity index (χ3v) is 2.86. The van der Waals surface area contributed by atoms with E-state index in [1.807, 2.05) is 24.3 Å². The van der Waals surface area contributed by atoms with Crippen LogP contribution in [0.15, 0.2) is 0 Å². The second-order valence-electron chi connectivity index (χ2n) is 4.93. The summed E-state index contributed by atoms with van der Waals surface area (Å²) in [5.74, 6) is -2.37. The fraction of sp³-hybridized carbons (Fsp3) is 0.625. The van der Waals surface area contributed by atoms with E-state index < -0.39 is 11.9 Å². The number of rotatable bonds is 12. The van der Waals surface area contributed by atoms with Crippen LogP contribution in [0.2, 0.25) is 0 Å². The van der Waals surface area contributed by atoms with Crippen LogP contribution < -0.4 is 10.2 Å². The Labute approximate surface area is 174 Å². The largest absolute Gasteiger partial charge is 2.00 e. The van der Waals surface area contributed by atoms with Gasteiger partial charge in [-0.1, -0.05) is 0 Å². The standard InChI is InChI=1S/2C8H11N3O2.Cu.H2O/c2*9-3-1-5-11(6-2-4-10)7-8(12)13;;/h2*1-2,5-7H2,(H,12,13);;1H2/q;;+2;/p-1. The number of aliphatic carboxylic acids is 2. The second kappa shape index (κ2) is 24.3. The Morgan fingerprint density at radius 3 is 1.00 bits per heavy atom. The number of carboxylic acids is 2. The normalized spacial score (nSPS) is 8.50. The van der Waals surface area contributed by atoms with E-state index in [0.717, 1.165) is 0 Å². The molecule has 0 heterocycles. The van der Waals surface area contributed by atoms with Gasteiger partial charge >= 0.3 is 17.1 Å². The first-order valence-corrected chi connectivity index (χ1v) is 7.73. The molecule has 1 radical (unpaired) electrons. The van der Waals surface area contributed by atoms with Crippen molar-refractivity contribution in [3.63, 3.8) is 0 Å². The van der Waals surface area contributed by atoms with Gasteiger partial charge in [0.15, 0.2) is 0 Å². The molecule has 11 nitrogen and oxygen atoms in total. The molecule has 0 aliphatic carbocycles. The molecule has 0 spiro atoms. The first-order valence-electron chi connectivity index (χ1n) is 7.73. The molecule has 0 amide bonds. The van der Waals surface area contributed by atoms with Crippen molar-refractivity contribution in [3.05, 3.63) is 0 Å². The van der Waals surface area contributed by atoms with E-state index in [4.69, 9.17) is 21.0 Å². The van der Waals surface area contributed by atoms with Crippen LogP contribution >= 0.6 is 0 Å². The Hall–Kier alpha value is -2.70. The molecule has 0 rings (SSSR count). The summed E-state index contributed by atoms with van der Waals surface area (Å²) in [5.41, 5.74) is 0. The van der Waals surface area contributed by atoms with Gasteiger partial charge in [-0.05, 0) is 0 Å². The second-order valence-corrected chi connectivity index (χ2v) is 4.93. The molecular formula is C16H23CuN6O5+. The zero-order valence-corrected chi connectivity index (χ0v) is 16.2. The minimum Gasteiger partial charge on any atom is -0.549 e. The minimum absolute atomic E-state index is 0. The number of hydrogen-bond donors (Lipinski definition) is 0. The number of nitriles is 4. The summed E-state index contributed by atoms with van der Waals surface area (Å²) >= 11 is 0. The number of carbonyl (C=O) groups is 2. The van der Waals surface area contributed by atoms with Gasteiger partial charge < -0.3 is 25.3 Å². The monoisotopic (exact) mass is 442 g/mol. The van der Waals surface area contributed by atoms with Gasteiger partial charge in [0.1, 0.15) is 0 Å². The van der Waals surface area contributed by atoms with Crippen LogP contribution in [-0.2, 0) is 32.1 Å². The number of nitrogens with zero attached hydrogens (tertiary/aromatic N) is 6. The summed E-state index contributed by atoms with van der Waals surface area (Å²) in [7, 11) is 0. The smallest absolute Gasteiger partial charge is 0.549 e. The van der Waals surface area contributed by atoms with Gasteiger partial charge in [-0.25, -0.2) is 0 Å². The van der Waals surface area contributed by atoms with Crippen molar-refractivity contribution in [3.8, 4) is 24.3 Å². The summed E-state index contributed by atoms with van der Waals surface area (Å²) < 4.78 is 0. The SMILES string of the molecule is N#CCCN(CCC#N)CC(=O)[O-].N#CCCN(CCC#N)CC(=O)[O-].[Cu+2].[OH3+]. The van der Waals surface area contributed by atoms with Crippen LogP contribution in [0.4, 0.5) is 0 Å². The molecule has 0 aromatic heterocycles. The minimum atomic E-state index is -1.18. The third kappa shape index (κ3) is 25.5. The maximum absolute atomic E-state index is 10.2.